The van der Waals surface area contributed by atoms with Gasteiger partial charge in [-0.15, -0.1) is 0 Å². The highest BCUT2D eigenvalue weighted by atomic mass is 16.5. The normalized spacial score (nSPS) is 16.6. The number of nitrogens with zero attached hydrogens (tertiary/aromatic N) is 2. The molecule has 0 aliphatic carbocycles. The molecule has 1 aromatic rings. The molecule has 1 fully saturated rings. The lowest BCUT2D eigenvalue weighted by atomic mass is 10.2. The van der Waals surface area contributed by atoms with Gasteiger partial charge in [0.15, 0.2) is 0 Å². The van der Waals surface area contributed by atoms with Crippen LogP contribution in [0.4, 0.5) is 0 Å². The molecular weight excluding hydrogens is 252 g/mol. The lowest BCUT2D eigenvalue weighted by Gasteiger charge is -2.33. The average molecular weight is 274 g/mol. The number of likely N-dealkylation sites (N-methyl/N-ethyl adjacent to an activating group) is 1. The summed E-state index contributed by atoms with van der Waals surface area (Å²) in [7, 11) is 1.64. The summed E-state index contributed by atoms with van der Waals surface area (Å²) in [5.41, 5.74) is 0.977. The summed E-state index contributed by atoms with van der Waals surface area (Å²) >= 11 is 0. The van der Waals surface area contributed by atoms with Gasteiger partial charge in [-0.3, -0.25) is 4.79 Å². The number of piperazine rings is 1. The van der Waals surface area contributed by atoms with E-state index < -0.39 is 0 Å². The highest BCUT2D eigenvalue weighted by Gasteiger charge is 2.17. The van der Waals surface area contributed by atoms with Gasteiger partial charge in [0, 0.05) is 32.3 Å². The maximum Gasteiger partial charge on any atom is 0.246 e. The predicted octanol–water partition coefficient (Wildman–Crippen LogP) is 1.87. The summed E-state index contributed by atoms with van der Waals surface area (Å²) in [5, 5.41) is 0. The maximum absolute atomic E-state index is 12.1. The first-order valence-corrected chi connectivity index (χ1v) is 7.06. The van der Waals surface area contributed by atoms with Crippen molar-refractivity contribution in [1.82, 2.24) is 9.80 Å². The number of amides is 1. The van der Waals surface area contributed by atoms with Gasteiger partial charge in [0.2, 0.25) is 5.91 Å². The molecule has 0 saturated carbocycles. The molecule has 0 N–H and O–H groups in total. The molecule has 4 nitrogen and oxygen atoms in total. The second-order valence-electron chi connectivity index (χ2n) is 4.87. The van der Waals surface area contributed by atoms with Crippen molar-refractivity contribution >= 4 is 12.0 Å². The minimum Gasteiger partial charge on any atom is -0.497 e. The Kier molecular flexibility index (Phi) is 5.18. The summed E-state index contributed by atoms with van der Waals surface area (Å²) in [6, 6.07) is 7.69. The third-order valence-corrected chi connectivity index (χ3v) is 3.64. The Balaban J connectivity index is 1.92. The van der Waals surface area contributed by atoms with Crippen LogP contribution in [0.25, 0.3) is 6.08 Å². The van der Waals surface area contributed by atoms with Gasteiger partial charge in [0.25, 0.3) is 0 Å². The van der Waals surface area contributed by atoms with Crippen LogP contribution >= 0.6 is 0 Å². The van der Waals surface area contributed by atoms with Gasteiger partial charge in [-0.2, -0.15) is 0 Å². The third-order valence-electron chi connectivity index (χ3n) is 3.64. The molecule has 0 spiro atoms. The zero-order valence-electron chi connectivity index (χ0n) is 12.2. The molecule has 1 aliphatic rings. The third kappa shape index (κ3) is 3.84. The largest absolute Gasteiger partial charge is 0.497 e. The highest BCUT2D eigenvalue weighted by Crippen LogP contribution is 2.14. The Labute approximate surface area is 120 Å². The van der Waals surface area contributed by atoms with Crippen molar-refractivity contribution in [3.63, 3.8) is 0 Å². The van der Waals surface area contributed by atoms with E-state index in [4.69, 9.17) is 4.74 Å². The Morgan fingerprint density at radius 1 is 1.30 bits per heavy atom. The van der Waals surface area contributed by atoms with Crippen LogP contribution in [0.3, 0.4) is 0 Å². The van der Waals surface area contributed by atoms with Crippen molar-refractivity contribution in [3.05, 3.63) is 35.9 Å². The molecule has 1 amide bonds. The van der Waals surface area contributed by atoms with Crippen molar-refractivity contribution in [2.75, 3.05) is 39.8 Å². The van der Waals surface area contributed by atoms with E-state index in [-0.39, 0.29) is 5.91 Å². The van der Waals surface area contributed by atoms with Crippen molar-refractivity contribution in [2.24, 2.45) is 0 Å². The van der Waals surface area contributed by atoms with E-state index in [9.17, 15) is 4.79 Å². The van der Waals surface area contributed by atoms with Crippen molar-refractivity contribution < 1.29 is 9.53 Å². The van der Waals surface area contributed by atoms with Crippen molar-refractivity contribution in [1.29, 1.82) is 0 Å². The van der Waals surface area contributed by atoms with Gasteiger partial charge in [-0.1, -0.05) is 19.1 Å². The fraction of sp³-hybridized carbons (Fsp3) is 0.438. The minimum atomic E-state index is 0.0866. The fourth-order valence-electron chi connectivity index (χ4n) is 2.30. The SMILES string of the molecule is CCN1CCN(C(=O)/C=C/c2cccc(OC)c2)CC1. The zero-order valence-corrected chi connectivity index (χ0v) is 12.2. The van der Waals surface area contributed by atoms with E-state index in [0.29, 0.717) is 0 Å². The number of hydrogen-bond acceptors (Lipinski definition) is 3. The van der Waals surface area contributed by atoms with Crippen LogP contribution < -0.4 is 4.74 Å². The molecule has 2 rings (SSSR count). The molecule has 1 heterocycles. The predicted molar refractivity (Wildman–Crippen MR) is 80.7 cm³/mol. The van der Waals surface area contributed by atoms with Crippen LogP contribution in [0.15, 0.2) is 30.3 Å². The zero-order chi connectivity index (χ0) is 14.4. The smallest absolute Gasteiger partial charge is 0.246 e. The molecule has 0 aromatic heterocycles. The standard InChI is InChI=1S/C16H22N2O2/c1-3-17-9-11-18(12-10-17)16(19)8-7-14-5-4-6-15(13-14)20-2/h4-8,13H,3,9-12H2,1-2H3/b8-7+. The second-order valence-corrected chi connectivity index (χ2v) is 4.87. The quantitative estimate of drug-likeness (QED) is 0.786. The fourth-order valence-corrected chi connectivity index (χ4v) is 2.30. The molecule has 0 bridgehead atoms. The van der Waals surface area contributed by atoms with E-state index in [1.165, 1.54) is 0 Å². The Morgan fingerprint density at radius 3 is 2.70 bits per heavy atom. The maximum atomic E-state index is 12.1. The second kappa shape index (κ2) is 7.10. The van der Waals surface area contributed by atoms with Crippen molar-refractivity contribution in [3.8, 4) is 5.75 Å². The first-order chi connectivity index (χ1) is 9.72. The van der Waals surface area contributed by atoms with E-state index >= 15 is 0 Å². The Bertz CT molecular complexity index is 477. The number of hydrogen-bond donors (Lipinski definition) is 0. The summed E-state index contributed by atoms with van der Waals surface area (Å²) in [6.45, 7) is 6.77. The van der Waals surface area contributed by atoms with Crippen LogP contribution in [0.1, 0.15) is 12.5 Å². The highest BCUT2D eigenvalue weighted by molar-refractivity contribution is 5.91. The number of carbonyl (C=O) groups excluding carboxylic acids is 1. The van der Waals surface area contributed by atoms with E-state index in [2.05, 4.69) is 11.8 Å². The lowest BCUT2D eigenvalue weighted by molar-refractivity contribution is -0.127. The molecule has 108 valence electrons. The van der Waals surface area contributed by atoms with Crippen LogP contribution in [-0.2, 0) is 4.79 Å². The minimum absolute atomic E-state index is 0.0866. The molecule has 0 atom stereocenters. The number of benzene rings is 1. The van der Waals surface area contributed by atoms with Gasteiger partial charge < -0.3 is 14.5 Å². The van der Waals surface area contributed by atoms with Gasteiger partial charge in [-0.25, -0.2) is 0 Å². The summed E-state index contributed by atoms with van der Waals surface area (Å²) in [6.07, 6.45) is 3.49. The van der Waals surface area contributed by atoms with Crippen LogP contribution in [0.5, 0.6) is 5.75 Å². The van der Waals surface area contributed by atoms with E-state index in [0.717, 1.165) is 44.0 Å². The molecular formula is C16H22N2O2. The first kappa shape index (κ1) is 14.6. The lowest BCUT2D eigenvalue weighted by Crippen LogP contribution is -2.48. The summed E-state index contributed by atoms with van der Waals surface area (Å²) in [5.74, 6) is 0.889. The van der Waals surface area contributed by atoms with Crippen LogP contribution in [-0.4, -0.2) is 55.5 Å². The molecule has 20 heavy (non-hydrogen) atoms. The number of methoxy groups -OCH3 is 1. The van der Waals surface area contributed by atoms with Crippen LogP contribution in [0, 0.1) is 0 Å². The number of carbonyl (C=O) groups is 1. The van der Waals surface area contributed by atoms with Crippen LogP contribution in [0.2, 0.25) is 0 Å². The Morgan fingerprint density at radius 2 is 2.05 bits per heavy atom. The van der Waals surface area contributed by atoms with E-state index in [1.54, 1.807) is 13.2 Å². The van der Waals surface area contributed by atoms with Gasteiger partial charge in [-0.05, 0) is 30.3 Å². The first-order valence-electron chi connectivity index (χ1n) is 7.06. The molecule has 1 aliphatic heterocycles. The number of ether oxygens (including phenoxy) is 1. The van der Waals surface area contributed by atoms with E-state index in [1.807, 2.05) is 35.2 Å². The topological polar surface area (TPSA) is 32.8 Å². The molecule has 0 unspecified atom stereocenters. The van der Waals surface area contributed by atoms with Crippen molar-refractivity contribution in [2.45, 2.75) is 6.92 Å². The molecule has 1 aromatic carbocycles. The van der Waals surface area contributed by atoms with Gasteiger partial charge >= 0.3 is 0 Å². The van der Waals surface area contributed by atoms with Gasteiger partial charge in [0.1, 0.15) is 5.75 Å². The molecule has 1 saturated heterocycles. The summed E-state index contributed by atoms with van der Waals surface area (Å²) < 4.78 is 5.17. The molecule has 4 heteroatoms. The molecule has 0 radical (unpaired) electrons. The Hall–Kier alpha value is -1.81. The van der Waals surface area contributed by atoms with Gasteiger partial charge in [0.05, 0.1) is 7.11 Å². The number of rotatable bonds is 4. The monoisotopic (exact) mass is 274 g/mol. The summed E-state index contributed by atoms with van der Waals surface area (Å²) in [4.78, 5) is 16.4. The average Bonchev–Trinajstić information content (AvgIpc) is 2.53.